The zero-order valence-electron chi connectivity index (χ0n) is 7.41. The van der Waals surface area contributed by atoms with E-state index in [-0.39, 0.29) is 0 Å². The lowest BCUT2D eigenvalue weighted by Gasteiger charge is -2.26. The van der Waals surface area contributed by atoms with E-state index in [2.05, 4.69) is 11.6 Å². The maximum Gasteiger partial charge on any atom is 0.279 e. The van der Waals surface area contributed by atoms with Gasteiger partial charge >= 0.3 is 0 Å². The summed E-state index contributed by atoms with van der Waals surface area (Å²) < 4.78 is 26.6. The molecule has 0 radical (unpaired) electrons. The highest BCUT2D eigenvalue weighted by Gasteiger charge is 2.23. The van der Waals surface area contributed by atoms with Crippen molar-refractivity contribution in [2.75, 3.05) is 19.6 Å². The third kappa shape index (κ3) is 2.43. The summed E-state index contributed by atoms with van der Waals surface area (Å²) >= 11 is 0. The predicted molar refractivity (Wildman–Crippen MR) is 48.0 cm³/mol. The summed E-state index contributed by atoms with van der Waals surface area (Å²) in [6.07, 6.45) is 2.90. The van der Waals surface area contributed by atoms with E-state index in [0.717, 1.165) is 19.3 Å². The molecule has 1 heterocycles. The quantitative estimate of drug-likeness (QED) is 0.700. The highest BCUT2D eigenvalue weighted by atomic mass is 32.2. The van der Waals surface area contributed by atoms with E-state index in [9.17, 15) is 8.42 Å². The maximum absolute atomic E-state index is 11.3. The Morgan fingerprint density at radius 1 is 1.50 bits per heavy atom. The fourth-order valence-electron chi connectivity index (χ4n) is 1.23. The predicted octanol–water partition coefficient (Wildman–Crippen LogP) is 0.327. The fraction of sp³-hybridized carbons (Fsp3) is 1.00. The van der Waals surface area contributed by atoms with Crippen LogP contribution in [0, 0.1) is 0 Å². The SMILES string of the molecule is CCCCN1CCCNS1(=O)=O. The van der Waals surface area contributed by atoms with Crippen LogP contribution in [-0.2, 0) is 10.2 Å². The highest BCUT2D eigenvalue weighted by Crippen LogP contribution is 2.06. The van der Waals surface area contributed by atoms with Crippen LogP contribution in [0.5, 0.6) is 0 Å². The largest absolute Gasteiger partial charge is 0.279 e. The Hall–Kier alpha value is -0.130. The highest BCUT2D eigenvalue weighted by molar-refractivity contribution is 7.87. The number of hydrogen-bond donors (Lipinski definition) is 1. The second kappa shape index (κ2) is 4.20. The van der Waals surface area contributed by atoms with Crippen LogP contribution in [0.15, 0.2) is 0 Å². The Kier molecular flexibility index (Phi) is 3.49. The lowest BCUT2D eigenvalue weighted by atomic mass is 10.3. The van der Waals surface area contributed by atoms with Gasteiger partial charge in [0, 0.05) is 19.6 Å². The minimum absolute atomic E-state index is 0.588. The van der Waals surface area contributed by atoms with Crippen molar-refractivity contribution in [1.82, 2.24) is 9.03 Å². The first kappa shape index (κ1) is 9.95. The maximum atomic E-state index is 11.3. The van der Waals surface area contributed by atoms with Crippen molar-refractivity contribution < 1.29 is 8.42 Å². The van der Waals surface area contributed by atoms with Crippen LogP contribution in [0.1, 0.15) is 26.2 Å². The molecular formula is C7H16N2O2S. The van der Waals surface area contributed by atoms with Gasteiger partial charge in [-0.15, -0.1) is 0 Å². The molecule has 1 fully saturated rings. The smallest absolute Gasteiger partial charge is 0.202 e. The summed E-state index contributed by atoms with van der Waals surface area (Å²) in [6, 6.07) is 0. The Morgan fingerprint density at radius 3 is 2.83 bits per heavy atom. The summed E-state index contributed by atoms with van der Waals surface area (Å²) in [5.41, 5.74) is 0. The topological polar surface area (TPSA) is 49.4 Å². The van der Waals surface area contributed by atoms with Crippen molar-refractivity contribution in [2.45, 2.75) is 26.2 Å². The molecular weight excluding hydrogens is 176 g/mol. The van der Waals surface area contributed by atoms with Crippen molar-refractivity contribution in [2.24, 2.45) is 0 Å². The summed E-state index contributed by atoms with van der Waals surface area (Å²) in [4.78, 5) is 0. The molecule has 0 aromatic carbocycles. The first-order valence-corrected chi connectivity index (χ1v) is 5.85. The minimum Gasteiger partial charge on any atom is -0.202 e. The normalized spacial score (nSPS) is 24.1. The first-order valence-electron chi connectivity index (χ1n) is 4.41. The molecule has 0 aromatic rings. The van der Waals surface area contributed by atoms with Gasteiger partial charge in [0.1, 0.15) is 0 Å². The first-order chi connectivity index (χ1) is 5.67. The molecule has 1 aliphatic heterocycles. The molecule has 12 heavy (non-hydrogen) atoms. The van der Waals surface area contributed by atoms with E-state index in [1.54, 1.807) is 0 Å². The molecule has 0 spiro atoms. The van der Waals surface area contributed by atoms with Crippen molar-refractivity contribution in [3.63, 3.8) is 0 Å². The van der Waals surface area contributed by atoms with Gasteiger partial charge in [-0.1, -0.05) is 13.3 Å². The van der Waals surface area contributed by atoms with Crippen LogP contribution in [0.25, 0.3) is 0 Å². The van der Waals surface area contributed by atoms with Crippen molar-refractivity contribution >= 4 is 10.2 Å². The van der Waals surface area contributed by atoms with E-state index < -0.39 is 10.2 Å². The number of hydrogen-bond acceptors (Lipinski definition) is 2. The summed E-state index contributed by atoms with van der Waals surface area (Å²) in [6.45, 7) is 3.98. The summed E-state index contributed by atoms with van der Waals surface area (Å²) in [7, 11) is -3.11. The van der Waals surface area contributed by atoms with Crippen LogP contribution in [0.3, 0.4) is 0 Å². The fourth-order valence-corrected chi connectivity index (χ4v) is 2.56. The average molecular weight is 192 g/mol. The number of nitrogens with zero attached hydrogens (tertiary/aromatic N) is 1. The zero-order valence-corrected chi connectivity index (χ0v) is 8.23. The molecule has 0 aromatic heterocycles. The van der Waals surface area contributed by atoms with Gasteiger partial charge in [0.05, 0.1) is 0 Å². The van der Waals surface area contributed by atoms with E-state index in [0.29, 0.717) is 19.6 Å². The molecule has 0 amide bonds. The Labute approximate surface area is 74.1 Å². The molecule has 1 N–H and O–H groups in total. The van der Waals surface area contributed by atoms with Crippen molar-refractivity contribution in [3.8, 4) is 0 Å². The molecule has 0 atom stereocenters. The molecule has 5 heteroatoms. The van der Waals surface area contributed by atoms with Crippen LogP contribution < -0.4 is 4.72 Å². The van der Waals surface area contributed by atoms with Gasteiger partial charge in [-0.25, -0.2) is 4.72 Å². The minimum atomic E-state index is -3.11. The van der Waals surface area contributed by atoms with Crippen LogP contribution >= 0.6 is 0 Å². The standard InChI is InChI=1S/C7H16N2O2S/c1-2-3-6-9-7-4-5-8-12(9,10)11/h8H,2-7H2,1H3. The third-order valence-corrected chi connectivity index (χ3v) is 3.58. The summed E-state index contributed by atoms with van der Waals surface area (Å²) in [5, 5.41) is 0. The van der Waals surface area contributed by atoms with E-state index in [1.165, 1.54) is 4.31 Å². The molecule has 0 aliphatic carbocycles. The van der Waals surface area contributed by atoms with Gasteiger partial charge in [0.15, 0.2) is 0 Å². The second-order valence-corrected chi connectivity index (χ2v) is 4.76. The van der Waals surface area contributed by atoms with Gasteiger partial charge in [0.2, 0.25) is 0 Å². The lowest BCUT2D eigenvalue weighted by molar-refractivity contribution is 0.368. The van der Waals surface area contributed by atoms with E-state index in [1.807, 2.05) is 0 Å². The van der Waals surface area contributed by atoms with Gasteiger partial charge in [-0.2, -0.15) is 12.7 Å². The van der Waals surface area contributed by atoms with Gasteiger partial charge in [-0.05, 0) is 12.8 Å². The number of nitrogens with one attached hydrogen (secondary N) is 1. The Morgan fingerprint density at radius 2 is 2.25 bits per heavy atom. The van der Waals surface area contributed by atoms with Crippen LogP contribution in [0.4, 0.5) is 0 Å². The molecule has 4 nitrogen and oxygen atoms in total. The van der Waals surface area contributed by atoms with E-state index in [4.69, 9.17) is 0 Å². The van der Waals surface area contributed by atoms with Crippen molar-refractivity contribution in [3.05, 3.63) is 0 Å². The van der Waals surface area contributed by atoms with Gasteiger partial charge in [-0.3, -0.25) is 0 Å². The van der Waals surface area contributed by atoms with Crippen LogP contribution in [0.2, 0.25) is 0 Å². The monoisotopic (exact) mass is 192 g/mol. The third-order valence-electron chi connectivity index (χ3n) is 1.97. The van der Waals surface area contributed by atoms with Crippen LogP contribution in [-0.4, -0.2) is 32.4 Å². The number of unbranched alkanes of at least 4 members (excludes halogenated alkanes) is 1. The van der Waals surface area contributed by atoms with Crippen molar-refractivity contribution in [1.29, 1.82) is 0 Å². The molecule has 1 saturated heterocycles. The zero-order chi connectivity index (χ0) is 9.03. The average Bonchev–Trinajstić information content (AvgIpc) is 2.02. The molecule has 72 valence electrons. The van der Waals surface area contributed by atoms with E-state index >= 15 is 0 Å². The second-order valence-electron chi connectivity index (χ2n) is 3.01. The Bertz CT molecular complexity index is 226. The molecule has 1 aliphatic rings. The Balaban J connectivity index is 2.49. The van der Waals surface area contributed by atoms with Gasteiger partial charge in [0.25, 0.3) is 10.2 Å². The summed E-state index contributed by atoms with van der Waals surface area (Å²) in [5.74, 6) is 0. The molecule has 1 rings (SSSR count). The molecule has 0 bridgehead atoms. The lowest BCUT2D eigenvalue weighted by Crippen LogP contribution is -2.47. The molecule has 0 saturated carbocycles. The number of rotatable bonds is 3. The molecule has 0 unspecified atom stereocenters. The van der Waals surface area contributed by atoms with Gasteiger partial charge < -0.3 is 0 Å².